The van der Waals surface area contributed by atoms with Gasteiger partial charge in [0.15, 0.2) is 0 Å². The summed E-state index contributed by atoms with van der Waals surface area (Å²) >= 11 is 0. The third kappa shape index (κ3) is 2.59. The molecule has 0 aromatic heterocycles. The first-order valence-electron chi connectivity index (χ1n) is 7.78. The number of anilines is 1. The summed E-state index contributed by atoms with van der Waals surface area (Å²) in [5, 5.41) is 3.09. The van der Waals surface area contributed by atoms with E-state index in [2.05, 4.69) is 36.2 Å². The minimum Gasteiger partial charge on any atom is -0.494 e. The molecule has 3 saturated heterocycles. The van der Waals surface area contributed by atoms with Gasteiger partial charge in [-0.25, -0.2) is 0 Å². The average Bonchev–Trinajstić information content (AvgIpc) is 2.66. The molecule has 0 radical (unpaired) electrons. The Bertz CT molecular complexity index is 541. The van der Waals surface area contributed by atoms with Crippen molar-refractivity contribution in [1.82, 2.24) is 5.32 Å². The lowest BCUT2D eigenvalue weighted by Crippen LogP contribution is -2.53. The number of nitrogens with zero attached hydrogens (tertiary/aromatic N) is 1. The van der Waals surface area contributed by atoms with Crippen molar-refractivity contribution in [2.24, 2.45) is 11.3 Å². The van der Waals surface area contributed by atoms with Crippen LogP contribution in [0.3, 0.4) is 0 Å². The highest BCUT2D eigenvalue weighted by Gasteiger charge is 2.46. The van der Waals surface area contributed by atoms with Crippen LogP contribution in [0.1, 0.15) is 27.2 Å². The molecule has 0 unspecified atom stereocenters. The van der Waals surface area contributed by atoms with E-state index in [4.69, 9.17) is 4.74 Å². The molecule has 0 saturated carbocycles. The summed E-state index contributed by atoms with van der Waals surface area (Å²) in [5.41, 5.74) is 1.28. The molecule has 2 atom stereocenters. The van der Waals surface area contributed by atoms with Crippen molar-refractivity contribution in [3.8, 4) is 5.75 Å². The van der Waals surface area contributed by atoms with Gasteiger partial charge in [-0.3, -0.25) is 4.79 Å². The van der Waals surface area contributed by atoms with Crippen LogP contribution in [-0.4, -0.2) is 31.6 Å². The van der Waals surface area contributed by atoms with E-state index >= 15 is 0 Å². The minimum atomic E-state index is 0.0782. The molecule has 114 valence electrons. The van der Waals surface area contributed by atoms with E-state index in [-0.39, 0.29) is 17.2 Å². The highest BCUT2D eigenvalue weighted by atomic mass is 16.5. The first-order chi connectivity index (χ1) is 10.0. The Kier molecular flexibility index (Phi) is 3.56. The predicted molar refractivity (Wildman–Crippen MR) is 83.6 cm³/mol. The first-order valence-corrected chi connectivity index (χ1v) is 7.78. The molecule has 3 aliphatic heterocycles. The third-order valence-electron chi connectivity index (χ3n) is 4.77. The number of piperidine rings is 1. The average molecular weight is 288 g/mol. The van der Waals surface area contributed by atoms with Gasteiger partial charge in [-0.05, 0) is 30.9 Å². The number of carbonyl (C=O) groups excluding carboxylic acids is 1. The molecule has 4 nitrogen and oxygen atoms in total. The van der Waals surface area contributed by atoms with E-state index in [0.29, 0.717) is 12.6 Å². The fourth-order valence-corrected chi connectivity index (χ4v) is 3.73. The molecule has 3 heterocycles. The van der Waals surface area contributed by atoms with Crippen molar-refractivity contribution in [1.29, 1.82) is 0 Å². The molecule has 3 fully saturated rings. The van der Waals surface area contributed by atoms with Gasteiger partial charge in [-0.2, -0.15) is 0 Å². The van der Waals surface area contributed by atoms with Crippen molar-refractivity contribution >= 4 is 11.6 Å². The maximum absolute atomic E-state index is 12.1. The molecular formula is C17H24N2O2. The number of hydrogen-bond donors (Lipinski definition) is 1. The van der Waals surface area contributed by atoms with Crippen LogP contribution < -0.4 is 15.0 Å². The Morgan fingerprint density at radius 3 is 3.00 bits per heavy atom. The number of carbonyl (C=O) groups is 1. The van der Waals surface area contributed by atoms with E-state index in [9.17, 15) is 4.79 Å². The lowest BCUT2D eigenvalue weighted by Gasteiger charge is -2.47. The third-order valence-corrected chi connectivity index (χ3v) is 4.77. The van der Waals surface area contributed by atoms with E-state index in [0.717, 1.165) is 30.9 Å². The van der Waals surface area contributed by atoms with Crippen molar-refractivity contribution in [3.05, 3.63) is 24.3 Å². The van der Waals surface area contributed by atoms with Gasteiger partial charge >= 0.3 is 0 Å². The number of ether oxygens (including phenoxy) is 1. The Balaban J connectivity index is 1.94. The fraction of sp³-hybridized carbons (Fsp3) is 0.588. The highest BCUT2D eigenvalue weighted by molar-refractivity contribution is 5.81. The van der Waals surface area contributed by atoms with Gasteiger partial charge in [0.1, 0.15) is 5.75 Å². The summed E-state index contributed by atoms with van der Waals surface area (Å²) < 4.78 is 5.61. The van der Waals surface area contributed by atoms with Crippen LogP contribution in [0.5, 0.6) is 5.75 Å². The summed E-state index contributed by atoms with van der Waals surface area (Å²) in [5.74, 6) is 1.18. The summed E-state index contributed by atoms with van der Waals surface area (Å²) in [7, 11) is 0. The van der Waals surface area contributed by atoms with Crippen LogP contribution in [0.4, 0.5) is 5.69 Å². The van der Waals surface area contributed by atoms with Crippen molar-refractivity contribution in [2.45, 2.75) is 33.2 Å². The number of fused-ring (bicyclic) bond motifs is 4. The first kappa shape index (κ1) is 14.2. The Hall–Kier alpha value is -1.71. The van der Waals surface area contributed by atoms with Gasteiger partial charge in [0.05, 0.1) is 18.6 Å². The Labute approximate surface area is 126 Å². The van der Waals surface area contributed by atoms with Crippen LogP contribution >= 0.6 is 0 Å². The fourth-order valence-electron chi connectivity index (χ4n) is 3.73. The van der Waals surface area contributed by atoms with Gasteiger partial charge in [-0.1, -0.05) is 19.9 Å². The Morgan fingerprint density at radius 2 is 2.24 bits per heavy atom. The lowest BCUT2D eigenvalue weighted by atomic mass is 9.73. The van der Waals surface area contributed by atoms with Crippen molar-refractivity contribution in [2.75, 3.05) is 24.6 Å². The van der Waals surface area contributed by atoms with Crippen LogP contribution in [0, 0.1) is 11.3 Å². The second kappa shape index (κ2) is 5.24. The smallest absolute Gasteiger partial charge is 0.224 e. The molecule has 1 aromatic carbocycles. The summed E-state index contributed by atoms with van der Waals surface area (Å²) in [6.07, 6.45) is 0.963. The van der Waals surface area contributed by atoms with Gasteiger partial charge < -0.3 is 15.0 Å². The second-order valence-corrected chi connectivity index (χ2v) is 6.73. The summed E-state index contributed by atoms with van der Waals surface area (Å²) in [6.45, 7) is 8.72. The van der Waals surface area contributed by atoms with Gasteiger partial charge in [0, 0.05) is 24.8 Å². The van der Waals surface area contributed by atoms with Crippen LogP contribution in [-0.2, 0) is 4.79 Å². The van der Waals surface area contributed by atoms with E-state index in [1.807, 2.05) is 19.1 Å². The zero-order valence-corrected chi connectivity index (χ0v) is 13.1. The molecule has 2 bridgehead atoms. The normalized spacial score (nSPS) is 27.2. The zero-order valence-electron chi connectivity index (χ0n) is 13.1. The molecule has 3 aliphatic rings. The minimum absolute atomic E-state index is 0.0782. The van der Waals surface area contributed by atoms with E-state index in [1.165, 1.54) is 0 Å². The molecular weight excluding hydrogens is 264 g/mol. The lowest BCUT2D eigenvalue weighted by molar-refractivity contribution is -0.124. The van der Waals surface area contributed by atoms with Gasteiger partial charge in [0.25, 0.3) is 0 Å². The molecule has 4 heteroatoms. The summed E-state index contributed by atoms with van der Waals surface area (Å²) in [6, 6.07) is 8.55. The van der Waals surface area contributed by atoms with Crippen molar-refractivity contribution < 1.29 is 9.53 Å². The van der Waals surface area contributed by atoms with Crippen LogP contribution in [0.25, 0.3) is 0 Å². The molecule has 0 spiro atoms. The second-order valence-electron chi connectivity index (χ2n) is 6.73. The number of nitrogens with one attached hydrogen (secondary N) is 1. The van der Waals surface area contributed by atoms with Crippen molar-refractivity contribution in [3.63, 3.8) is 0 Å². The predicted octanol–water partition coefficient (Wildman–Crippen LogP) is 2.44. The van der Waals surface area contributed by atoms with E-state index in [1.54, 1.807) is 0 Å². The van der Waals surface area contributed by atoms with Crippen LogP contribution in [0.2, 0.25) is 0 Å². The molecule has 1 amide bonds. The maximum Gasteiger partial charge on any atom is 0.224 e. The topological polar surface area (TPSA) is 41.6 Å². The monoisotopic (exact) mass is 288 g/mol. The van der Waals surface area contributed by atoms with Gasteiger partial charge in [0.2, 0.25) is 5.91 Å². The Morgan fingerprint density at radius 1 is 1.43 bits per heavy atom. The number of amides is 1. The highest BCUT2D eigenvalue weighted by Crippen LogP contribution is 2.42. The van der Waals surface area contributed by atoms with Gasteiger partial charge in [-0.15, -0.1) is 0 Å². The summed E-state index contributed by atoms with van der Waals surface area (Å²) in [4.78, 5) is 14.5. The number of rotatable bonds is 3. The molecule has 0 aliphatic carbocycles. The quantitative estimate of drug-likeness (QED) is 0.929. The zero-order chi connectivity index (χ0) is 15.0. The molecule has 1 N–H and O–H groups in total. The number of hydrogen-bond acceptors (Lipinski definition) is 3. The number of benzene rings is 1. The van der Waals surface area contributed by atoms with E-state index < -0.39 is 0 Å². The molecule has 21 heavy (non-hydrogen) atoms. The molecule has 1 aromatic rings. The SMILES string of the molecule is CCOc1cccc(N2C[C@@H]3CC(C)(C)[C@H]2CNC3=O)c1. The maximum atomic E-state index is 12.1. The van der Waals surface area contributed by atoms with Crippen LogP contribution in [0.15, 0.2) is 24.3 Å². The largest absolute Gasteiger partial charge is 0.494 e. The standard InChI is InChI=1S/C17H24N2O2/c1-4-21-14-7-5-6-13(8-14)19-11-12-9-17(2,3)15(19)10-18-16(12)20/h5-8,12,15H,4,9-11H2,1-3H3,(H,18,20)/t12-,15+/m0/s1. The molecule has 4 rings (SSSR count).